The Hall–Kier alpha value is -3.37. The van der Waals surface area contributed by atoms with Gasteiger partial charge in [0.2, 0.25) is 6.54 Å². The van der Waals surface area contributed by atoms with Crippen molar-refractivity contribution in [2.24, 2.45) is 0 Å². The lowest BCUT2D eigenvalue weighted by Crippen LogP contribution is -2.44. The van der Waals surface area contributed by atoms with E-state index in [1.54, 1.807) is 36.8 Å². The Morgan fingerprint density at radius 2 is 1.77 bits per heavy atom. The van der Waals surface area contributed by atoms with Crippen LogP contribution in [0.4, 0.5) is 13.2 Å². The largest absolute Gasteiger partial charge is 0.491 e. The maximum Gasteiger partial charge on any atom is 0.491 e. The third-order valence-corrected chi connectivity index (χ3v) is 3.00. The number of carbonyl (C=O) groups is 3. The number of halogens is 3. The molecule has 0 saturated carbocycles. The van der Waals surface area contributed by atoms with Crippen LogP contribution in [0.25, 0.3) is 11.1 Å². The second kappa shape index (κ2) is 8.14. The second-order valence-electron chi connectivity index (χ2n) is 4.93. The summed E-state index contributed by atoms with van der Waals surface area (Å²) in [7, 11) is 0. The van der Waals surface area contributed by atoms with E-state index in [9.17, 15) is 27.6 Å². The SMILES string of the molecule is O=C(C[n+]1ccc(-c2ccnnc2)cc1)NCC(=O)OC(=O)C(F)(F)F. The van der Waals surface area contributed by atoms with Gasteiger partial charge in [-0.3, -0.25) is 4.79 Å². The average Bonchev–Trinajstić information content (AvgIpc) is 2.60. The molecule has 0 fully saturated rings. The van der Waals surface area contributed by atoms with Gasteiger partial charge in [-0.1, -0.05) is 0 Å². The minimum atomic E-state index is -5.28. The summed E-state index contributed by atoms with van der Waals surface area (Å²) in [5.74, 6) is -4.79. The first-order valence-electron chi connectivity index (χ1n) is 7.10. The topological polar surface area (TPSA) is 102 Å². The van der Waals surface area contributed by atoms with Crippen LogP contribution in [0.1, 0.15) is 0 Å². The molecule has 1 amide bonds. The summed E-state index contributed by atoms with van der Waals surface area (Å²) in [6.07, 6.45) is 1.02. The van der Waals surface area contributed by atoms with Gasteiger partial charge in [-0.05, 0) is 11.6 Å². The van der Waals surface area contributed by atoms with E-state index in [1.165, 1.54) is 10.8 Å². The highest BCUT2D eigenvalue weighted by Crippen LogP contribution is 2.16. The number of nitrogens with one attached hydrogen (secondary N) is 1. The zero-order valence-electron chi connectivity index (χ0n) is 13.1. The zero-order valence-corrected chi connectivity index (χ0v) is 13.1. The maximum absolute atomic E-state index is 11.9. The molecule has 2 aromatic rings. The van der Waals surface area contributed by atoms with Gasteiger partial charge in [0.05, 0.1) is 12.4 Å². The number of ether oxygens (including phenoxy) is 1. The normalized spacial score (nSPS) is 10.9. The predicted molar refractivity (Wildman–Crippen MR) is 77.8 cm³/mol. The molecule has 26 heavy (non-hydrogen) atoms. The molecule has 0 unspecified atom stereocenters. The van der Waals surface area contributed by atoms with Crippen LogP contribution < -0.4 is 9.88 Å². The Kier molecular flexibility index (Phi) is 5.94. The average molecular weight is 369 g/mol. The van der Waals surface area contributed by atoms with E-state index in [0.717, 1.165) is 11.1 Å². The van der Waals surface area contributed by atoms with E-state index in [0.29, 0.717) is 0 Å². The second-order valence-corrected chi connectivity index (χ2v) is 4.93. The van der Waals surface area contributed by atoms with Crippen molar-refractivity contribution in [2.45, 2.75) is 12.7 Å². The Morgan fingerprint density at radius 3 is 2.35 bits per heavy atom. The van der Waals surface area contributed by atoms with Crippen LogP contribution in [-0.2, 0) is 25.7 Å². The van der Waals surface area contributed by atoms with Crippen molar-refractivity contribution in [3.8, 4) is 11.1 Å². The number of rotatable bonds is 5. The van der Waals surface area contributed by atoms with Gasteiger partial charge in [0.15, 0.2) is 12.4 Å². The van der Waals surface area contributed by atoms with Gasteiger partial charge in [0, 0.05) is 17.7 Å². The number of alkyl halides is 3. The van der Waals surface area contributed by atoms with Crippen molar-refractivity contribution in [2.75, 3.05) is 6.54 Å². The van der Waals surface area contributed by atoms with Crippen molar-refractivity contribution in [3.63, 3.8) is 0 Å². The predicted octanol–water partition coefficient (Wildman–Crippen LogP) is 0.179. The van der Waals surface area contributed by atoms with Gasteiger partial charge < -0.3 is 10.1 Å². The number of hydrogen-bond donors (Lipinski definition) is 1. The Bertz CT molecular complexity index is 795. The van der Waals surface area contributed by atoms with Crippen LogP contribution in [-0.4, -0.2) is 40.8 Å². The van der Waals surface area contributed by atoms with Crippen LogP contribution in [0.15, 0.2) is 43.0 Å². The first-order chi connectivity index (χ1) is 12.3. The summed E-state index contributed by atoms with van der Waals surface area (Å²) in [6, 6.07) is 5.20. The quantitative estimate of drug-likeness (QED) is 0.458. The molecule has 8 nitrogen and oxygen atoms in total. The first kappa shape index (κ1) is 19.0. The molecule has 0 saturated heterocycles. The lowest BCUT2D eigenvalue weighted by atomic mass is 10.1. The van der Waals surface area contributed by atoms with Crippen LogP contribution in [0, 0.1) is 0 Å². The smallest absolute Gasteiger partial charge is 0.385 e. The molecule has 2 aromatic heterocycles. The Labute approximate surface area is 144 Å². The molecule has 0 aliphatic heterocycles. The number of aromatic nitrogens is 3. The van der Waals surface area contributed by atoms with Crippen LogP contribution in [0.5, 0.6) is 0 Å². The van der Waals surface area contributed by atoms with Crippen LogP contribution >= 0.6 is 0 Å². The third kappa shape index (κ3) is 5.61. The molecule has 11 heteroatoms. The van der Waals surface area contributed by atoms with E-state index in [2.05, 4.69) is 20.3 Å². The number of esters is 2. The van der Waals surface area contributed by atoms with Crippen molar-refractivity contribution in [1.29, 1.82) is 0 Å². The molecule has 0 aromatic carbocycles. The standard InChI is InChI=1S/C15H11F3N4O4/c16-15(17,18)14(25)26-13(24)8-19-12(23)9-22-5-2-10(3-6-22)11-1-4-20-21-7-11/h1-7H,8-9H2/p+1. The highest BCUT2D eigenvalue weighted by molar-refractivity contribution is 5.90. The summed E-state index contributed by atoms with van der Waals surface area (Å²) in [6.45, 7) is -1.04. The molecule has 136 valence electrons. The van der Waals surface area contributed by atoms with E-state index < -0.39 is 30.6 Å². The monoisotopic (exact) mass is 369 g/mol. The number of hydrogen-bond acceptors (Lipinski definition) is 6. The van der Waals surface area contributed by atoms with E-state index in [-0.39, 0.29) is 6.54 Å². The lowest BCUT2D eigenvalue weighted by molar-refractivity contribution is -0.684. The highest BCUT2D eigenvalue weighted by Gasteiger charge is 2.42. The third-order valence-electron chi connectivity index (χ3n) is 3.00. The van der Waals surface area contributed by atoms with E-state index >= 15 is 0 Å². The highest BCUT2D eigenvalue weighted by atomic mass is 19.4. The molecular weight excluding hydrogens is 357 g/mol. The van der Waals surface area contributed by atoms with Gasteiger partial charge in [0.25, 0.3) is 5.91 Å². The molecular formula is C15H12F3N4O4+. The summed E-state index contributed by atoms with van der Waals surface area (Å²) in [5, 5.41) is 9.48. The fourth-order valence-electron chi connectivity index (χ4n) is 1.81. The van der Waals surface area contributed by atoms with Crippen LogP contribution in [0.3, 0.4) is 0 Å². The number of amides is 1. The molecule has 2 rings (SSSR count). The molecule has 0 spiro atoms. The van der Waals surface area contributed by atoms with Crippen molar-refractivity contribution < 1.29 is 36.9 Å². The molecule has 0 radical (unpaired) electrons. The van der Waals surface area contributed by atoms with Gasteiger partial charge in [-0.25, -0.2) is 9.59 Å². The van der Waals surface area contributed by atoms with E-state index in [1.807, 2.05) is 0 Å². The Morgan fingerprint density at radius 1 is 1.08 bits per heavy atom. The minimum Gasteiger partial charge on any atom is -0.385 e. The Balaban J connectivity index is 1.83. The fourth-order valence-corrected chi connectivity index (χ4v) is 1.81. The molecule has 0 bridgehead atoms. The molecule has 0 aliphatic rings. The van der Waals surface area contributed by atoms with Gasteiger partial charge in [-0.2, -0.15) is 27.9 Å². The van der Waals surface area contributed by atoms with Gasteiger partial charge >= 0.3 is 18.1 Å². The molecule has 2 heterocycles. The molecule has 0 aliphatic carbocycles. The lowest BCUT2D eigenvalue weighted by Gasteiger charge is -2.06. The summed E-state index contributed by atoms with van der Waals surface area (Å²) < 4.78 is 40.8. The number of pyridine rings is 1. The van der Waals surface area contributed by atoms with Crippen LogP contribution in [0.2, 0.25) is 0 Å². The summed E-state index contributed by atoms with van der Waals surface area (Å²) in [5.41, 5.74) is 1.67. The first-order valence-corrected chi connectivity index (χ1v) is 7.10. The van der Waals surface area contributed by atoms with Crippen molar-refractivity contribution in [1.82, 2.24) is 15.5 Å². The minimum absolute atomic E-state index is 0.185. The molecule has 1 N–H and O–H groups in total. The summed E-state index contributed by atoms with van der Waals surface area (Å²) in [4.78, 5) is 33.2. The van der Waals surface area contributed by atoms with Crippen molar-refractivity contribution in [3.05, 3.63) is 43.0 Å². The van der Waals surface area contributed by atoms with Gasteiger partial charge in [-0.15, -0.1) is 0 Å². The molecule has 0 atom stereocenters. The number of nitrogens with zero attached hydrogens (tertiary/aromatic N) is 3. The van der Waals surface area contributed by atoms with Crippen molar-refractivity contribution >= 4 is 17.8 Å². The van der Waals surface area contributed by atoms with E-state index in [4.69, 9.17) is 0 Å². The number of carbonyl (C=O) groups excluding carboxylic acids is 3. The summed E-state index contributed by atoms with van der Waals surface area (Å²) >= 11 is 0. The zero-order chi connectivity index (χ0) is 19.2. The fraction of sp³-hybridized carbons (Fsp3) is 0.200. The maximum atomic E-state index is 11.9. The van der Waals surface area contributed by atoms with Gasteiger partial charge in [0.1, 0.15) is 6.54 Å².